The van der Waals surface area contributed by atoms with Gasteiger partial charge in [0.1, 0.15) is 0 Å². The van der Waals surface area contributed by atoms with Crippen LogP contribution in [0, 0.1) is 0 Å². The predicted molar refractivity (Wildman–Crippen MR) is 73.9 cm³/mol. The van der Waals surface area contributed by atoms with Gasteiger partial charge in [0.05, 0.1) is 12.6 Å². The van der Waals surface area contributed by atoms with Gasteiger partial charge in [-0.3, -0.25) is 9.69 Å². The molecule has 0 saturated heterocycles. The van der Waals surface area contributed by atoms with Crippen molar-refractivity contribution in [3.8, 4) is 0 Å². The second-order valence-corrected chi connectivity index (χ2v) is 4.89. The van der Waals surface area contributed by atoms with E-state index in [1.807, 2.05) is 0 Å². The van der Waals surface area contributed by atoms with E-state index < -0.39 is 11.8 Å². The highest BCUT2D eigenvalue weighted by molar-refractivity contribution is 5.80. The highest BCUT2D eigenvalue weighted by Gasteiger charge is 2.15. The van der Waals surface area contributed by atoms with Crippen LogP contribution in [-0.2, 0) is 0 Å². The van der Waals surface area contributed by atoms with Gasteiger partial charge in [-0.05, 0) is 32.5 Å². The molecule has 2 heterocycles. The molecule has 0 bridgehead atoms. The summed E-state index contributed by atoms with van der Waals surface area (Å²) in [6.07, 6.45) is 1.74. The molecule has 0 saturated carbocycles. The van der Waals surface area contributed by atoms with Crippen LogP contribution in [0.5, 0.6) is 0 Å². The summed E-state index contributed by atoms with van der Waals surface area (Å²) in [6.45, 7) is 2.35. The van der Waals surface area contributed by atoms with Crippen LogP contribution < -0.4 is 5.69 Å². The molecule has 0 fully saturated rings. The second kappa shape index (κ2) is 5.98. The molecule has 7 nitrogen and oxygen atoms in total. The Labute approximate surface area is 116 Å². The molecule has 0 spiro atoms. The molecule has 7 heteroatoms. The van der Waals surface area contributed by atoms with Crippen LogP contribution >= 0.6 is 0 Å². The van der Waals surface area contributed by atoms with E-state index in [0.29, 0.717) is 18.6 Å². The van der Waals surface area contributed by atoms with E-state index in [2.05, 4.69) is 5.10 Å². The van der Waals surface area contributed by atoms with Gasteiger partial charge < -0.3 is 5.11 Å². The van der Waals surface area contributed by atoms with Crippen LogP contribution in [0.25, 0.3) is 5.65 Å². The number of pyridine rings is 1. The lowest BCUT2D eigenvalue weighted by atomic mass is 10.3. The molecule has 1 atom stereocenters. The lowest BCUT2D eigenvalue weighted by molar-refractivity contribution is 0.0830. The number of likely N-dealkylation sites (N-methyl/N-ethyl adjacent to an activating group) is 1. The van der Waals surface area contributed by atoms with Gasteiger partial charge in [0.15, 0.2) is 5.65 Å². The van der Waals surface area contributed by atoms with E-state index in [1.165, 1.54) is 4.40 Å². The Morgan fingerprint density at radius 3 is 2.90 bits per heavy atom. The van der Waals surface area contributed by atoms with Crippen molar-refractivity contribution in [1.82, 2.24) is 19.1 Å². The maximum absolute atomic E-state index is 12.1. The van der Waals surface area contributed by atoms with Gasteiger partial charge in [0, 0.05) is 12.7 Å². The van der Waals surface area contributed by atoms with Crippen molar-refractivity contribution in [3.05, 3.63) is 34.9 Å². The summed E-state index contributed by atoms with van der Waals surface area (Å²) in [5.41, 5.74) is -0.0213. The molecular formula is C13H18N4O3. The van der Waals surface area contributed by atoms with Gasteiger partial charge in [0.2, 0.25) is 0 Å². The van der Waals surface area contributed by atoms with Crippen molar-refractivity contribution < 1.29 is 9.90 Å². The van der Waals surface area contributed by atoms with Crippen molar-refractivity contribution in [2.75, 3.05) is 20.1 Å². The largest absolute Gasteiger partial charge is 0.393 e. The van der Waals surface area contributed by atoms with E-state index in [-0.39, 0.29) is 12.5 Å². The van der Waals surface area contributed by atoms with Crippen LogP contribution in [0.2, 0.25) is 0 Å². The van der Waals surface area contributed by atoms with Gasteiger partial charge in [-0.25, -0.2) is 9.20 Å². The van der Waals surface area contributed by atoms with Gasteiger partial charge in [0.25, 0.3) is 5.91 Å². The van der Waals surface area contributed by atoms with Gasteiger partial charge in [-0.1, -0.05) is 6.07 Å². The molecule has 2 aromatic heterocycles. The number of rotatable bonds is 5. The minimum atomic E-state index is -0.463. The highest BCUT2D eigenvalue weighted by atomic mass is 16.3. The Bertz CT molecular complexity index is 659. The van der Waals surface area contributed by atoms with Gasteiger partial charge in [-0.2, -0.15) is 0 Å². The second-order valence-electron chi connectivity index (χ2n) is 4.89. The fraction of sp³-hybridized carbons (Fsp3) is 0.462. The Hall–Kier alpha value is -1.99. The van der Waals surface area contributed by atoms with Gasteiger partial charge in [-0.15, -0.1) is 9.78 Å². The van der Waals surface area contributed by atoms with E-state index in [1.54, 1.807) is 43.3 Å². The first-order valence-electron chi connectivity index (χ1n) is 6.45. The van der Waals surface area contributed by atoms with Crippen molar-refractivity contribution >= 4 is 11.6 Å². The topological polar surface area (TPSA) is 79.8 Å². The van der Waals surface area contributed by atoms with Crippen LogP contribution in [0.3, 0.4) is 0 Å². The fourth-order valence-electron chi connectivity index (χ4n) is 1.87. The number of carbonyl (C=O) groups excluding carboxylic acids is 1. The number of nitrogens with zero attached hydrogens (tertiary/aromatic N) is 4. The number of hydrogen-bond acceptors (Lipinski definition) is 5. The molecule has 2 rings (SSSR count). The molecule has 20 heavy (non-hydrogen) atoms. The van der Waals surface area contributed by atoms with E-state index >= 15 is 0 Å². The monoisotopic (exact) mass is 278 g/mol. The minimum Gasteiger partial charge on any atom is -0.393 e. The SMILES string of the molecule is CC(O)CCN(C)CC(=O)n1nc2ccccn2c1=O. The van der Waals surface area contributed by atoms with Crippen LogP contribution in [0.4, 0.5) is 0 Å². The van der Waals surface area contributed by atoms with Crippen molar-refractivity contribution in [2.24, 2.45) is 0 Å². The number of hydrogen-bond donors (Lipinski definition) is 1. The standard InChI is InChI=1S/C13H18N4O3/c1-10(18)6-8-15(2)9-12(19)17-13(20)16-7-4-3-5-11(16)14-17/h3-5,7,10,18H,6,8-9H2,1-2H3. The molecule has 0 aliphatic heterocycles. The highest BCUT2D eigenvalue weighted by Crippen LogP contribution is 1.97. The van der Waals surface area contributed by atoms with Crippen molar-refractivity contribution in [2.45, 2.75) is 19.4 Å². The predicted octanol–water partition coefficient (Wildman–Crippen LogP) is -0.161. The summed E-state index contributed by atoms with van der Waals surface area (Å²) in [7, 11) is 1.76. The number of aliphatic hydroxyl groups is 1. The average Bonchev–Trinajstić information content (AvgIpc) is 2.74. The molecule has 0 aliphatic carbocycles. The quantitative estimate of drug-likeness (QED) is 0.822. The third kappa shape index (κ3) is 3.12. The normalized spacial score (nSPS) is 13.0. The molecule has 0 aromatic carbocycles. The maximum atomic E-state index is 12.1. The number of aliphatic hydroxyl groups excluding tert-OH is 1. The van der Waals surface area contributed by atoms with Crippen LogP contribution in [0.1, 0.15) is 18.1 Å². The van der Waals surface area contributed by atoms with Gasteiger partial charge >= 0.3 is 5.69 Å². The third-order valence-corrected chi connectivity index (χ3v) is 3.00. The number of fused-ring (bicyclic) bond motifs is 1. The average molecular weight is 278 g/mol. The summed E-state index contributed by atoms with van der Waals surface area (Å²) < 4.78 is 2.21. The smallest absolute Gasteiger partial charge is 0.357 e. The zero-order valence-electron chi connectivity index (χ0n) is 11.6. The molecule has 0 amide bonds. The zero-order valence-corrected chi connectivity index (χ0v) is 11.6. The van der Waals surface area contributed by atoms with Crippen LogP contribution in [0.15, 0.2) is 29.2 Å². The summed E-state index contributed by atoms with van der Waals surface area (Å²) in [6, 6.07) is 5.13. The molecule has 0 aliphatic rings. The molecule has 1 unspecified atom stereocenters. The van der Waals surface area contributed by atoms with Crippen molar-refractivity contribution in [1.29, 1.82) is 0 Å². The Morgan fingerprint density at radius 2 is 2.25 bits per heavy atom. The Balaban J connectivity index is 2.12. The lowest BCUT2D eigenvalue weighted by Gasteiger charge is -2.15. The first kappa shape index (κ1) is 14.4. The number of aromatic nitrogens is 3. The molecule has 108 valence electrons. The summed E-state index contributed by atoms with van der Waals surface area (Å²) in [5, 5.41) is 13.2. The first-order chi connectivity index (χ1) is 9.49. The molecular weight excluding hydrogens is 260 g/mol. The van der Waals surface area contributed by atoms with E-state index in [4.69, 9.17) is 0 Å². The fourth-order valence-corrected chi connectivity index (χ4v) is 1.87. The van der Waals surface area contributed by atoms with Crippen LogP contribution in [-0.4, -0.2) is 56.3 Å². The zero-order chi connectivity index (χ0) is 14.7. The Kier molecular flexibility index (Phi) is 4.31. The van der Waals surface area contributed by atoms with E-state index in [9.17, 15) is 14.7 Å². The Morgan fingerprint density at radius 1 is 1.50 bits per heavy atom. The lowest BCUT2D eigenvalue weighted by Crippen LogP contribution is -2.36. The summed E-state index contributed by atoms with van der Waals surface area (Å²) in [4.78, 5) is 25.8. The number of carbonyl (C=O) groups is 1. The first-order valence-corrected chi connectivity index (χ1v) is 6.45. The van der Waals surface area contributed by atoms with E-state index in [0.717, 1.165) is 4.68 Å². The summed E-state index contributed by atoms with van der Waals surface area (Å²) >= 11 is 0. The third-order valence-electron chi connectivity index (χ3n) is 3.00. The maximum Gasteiger partial charge on any atom is 0.357 e. The molecule has 2 aromatic rings. The minimum absolute atomic E-state index is 0.0799. The molecule has 0 radical (unpaired) electrons. The van der Waals surface area contributed by atoms with Crippen molar-refractivity contribution in [3.63, 3.8) is 0 Å². The molecule has 1 N–H and O–H groups in total. The summed E-state index contributed by atoms with van der Waals surface area (Å²) in [5.74, 6) is -0.383.